The van der Waals surface area contributed by atoms with Crippen molar-refractivity contribution in [2.75, 3.05) is 13.1 Å². The summed E-state index contributed by atoms with van der Waals surface area (Å²) in [5.74, 6) is 0.111. The van der Waals surface area contributed by atoms with Gasteiger partial charge in [-0.2, -0.15) is 5.10 Å². The first kappa shape index (κ1) is 18.7. The highest BCUT2D eigenvalue weighted by atomic mass is 16.2. The van der Waals surface area contributed by atoms with E-state index in [2.05, 4.69) is 10.1 Å². The van der Waals surface area contributed by atoms with Crippen LogP contribution in [-0.2, 0) is 29.6 Å². The van der Waals surface area contributed by atoms with E-state index in [1.165, 1.54) is 0 Å². The SMILES string of the molecule is Cc1nn(C)cc1CC(=O)N1CCCC12CCCN(Cc1ccccn1)C2=O. The molecule has 2 fully saturated rings. The minimum Gasteiger partial charge on any atom is -0.335 e. The van der Waals surface area contributed by atoms with Gasteiger partial charge in [0.05, 0.1) is 24.4 Å². The van der Waals surface area contributed by atoms with Gasteiger partial charge in [0, 0.05) is 38.1 Å². The van der Waals surface area contributed by atoms with Crippen molar-refractivity contribution in [1.82, 2.24) is 24.6 Å². The lowest BCUT2D eigenvalue weighted by molar-refractivity contribution is -0.155. The summed E-state index contributed by atoms with van der Waals surface area (Å²) in [6, 6.07) is 5.76. The average Bonchev–Trinajstić information content (AvgIpc) is 3.23. The van der Waals surface area contributed by atoms with Crippen LogP contribution in [0.5, 0.6) is 0 Å². The van der Waals surface area contributed by atoms with Crippen LogP contribution >= 0.6 is 0 Å². The Labute approximate surface area is 165 Å². The second-order valence-corrected chi connectivity index (χ2v) is 7.92. The first-order valence-corrected chi connectivity index (χ1v) is 9.98. The molecule has 7 nitrogen and oxygen atoms in total. The fourth-order valence-electron chi connectivity index (χ4n) is 4.71. The summed E-state index contributed by atoms with van der Waals surface area (Å²) in [5.41, 5.74) is 2.01. The lowest BCUT2D eigenvalue weighted by Crippen LogP contribution is -2.61. The number of aryl methyl sites for hydroxylation is 2. The number of pyridine rings is 1. The van der Waals surface area contributed by atoms with E-state index in [-0.39, 0.29) is 11.8 Å². The minimum atomic E-state index is -0.680. The normalized spacial score (nSPS) is 22.3. The molecular weight excluding hydrogens is 354 g/mol. The number of amides is 2. The first-order chi connectivity index (χ1) is 13.5. The quantitative estimate of drug-likeness (QED) is 0.810. The number of nitrogens with zero attached hydrogens (tertiary/aromatic N) is 5. The molecule has 0 aliphatic carbocycles. The van der Waals surface area contributed by atoms with Gasteiger partial charge in [-0.3, -0.25) is 19.3 Å². The molecule has 1 unspecified atom stereocenters. The van der Waals surface area contributed by atoms with Crippen LogP contribution in [0.25, 0.3) is 0 Å². The van der Waals surface area contributed by atoms with Gasteiger partial charge in [-0.15, -0.1) is 0 Å². The van der Waals surface area contributed by atoms with Crippen LogP contribution in [-0.4, -0.2) is 55.0 Å². The Morgan fingerprint density at radius 2 is 2.00 bits per heavy atom. The molecule has 1 atom stereocenters. The summed E-state index contributed by atoms with van der Waals surface area (Å²) in [4.78, 5) is 34.7. The van der Waals surface area contributed by atoms with Crippen LogP contribution in [0, 0.1) is 6.92 Å². The van der Waals surface area contributed by atoms with Crippen molar-refractivity contribution in [3.8, 4) is 0 Å². The van der Waals surface area contributed by atoms with Gasteiger partial charge in [0.15, 0.2) is 0 Å². The van der Waals surface area contributed by atoms with Crippen molar-refractivity contribution in [2.24, 2.45) is 7.05 Å². The summed E-state index contributed by atoms with van der Waals surface area (Å²) < 4.78 is 1.73. The van der Waals surface area contributed by atoms with Gasteiger partial charge < -0.3 is 9.80 Å². The largest absolute Gasteiger partial charge is 0.335 e. The van der Waals surface area contributed by atoms with E-state index < -0.39 is 5.54 Å². The van der Waals surface area contributed by atoms with Gasteiger partial charge in [-0.1, -0.05) is 6.07 Å². The Morgan fingerprint density at radius 3 is 2.68 bits per heavy atom. The van der Waals surface area contributed by atoms with E-state index in [0.717, 1.165) is 49.2 Å². The molecule has 2 aliphatic heterocycles. The van der Waals surface area contributed by atoms with Gasteiger partial charge in [-0.25, -0.2) is 0 Å². The zero-order valence-corrected chi connectivity index (χ0v) is 16.6. The van der Waals surface area contributed by atoms with Crippen LogP contribution in [0.3, 0.4) is 0 Å². The molecule has 4 rings (SSSR count). The highest BCUT2D eigenvalue weighted by Crippen LogP contribution is 2.39. The summed E-state index contributed by atoms with van der Waals surface area (Å²) >= 11 is 0. The maximum Gasteiger partial charge on any atom is 0.248 e. The summed E-state index contributed by atoms with van der Waals surface area (Å²) in [7, 11) is 1.86. The van der Waals surface area contributed by atoms with E-state index >= 15 is 0 Å². The minimum absolute atomic E-state index is 0.0293. The molecule has 1 spiro atoms. The third kappa shape index (κ3) is 3.30. The van der Waals surface area contributed by atoms with Gasteiger partial charge in [0.2, 0.25) is 11.8 Å². The molecule has 2 aromatic heterocycles. The molecule has 2 aromatic rings. The molecule has 0 aromatic carbocycles. The van der Waals surface area contributed by atoms with Crippen LogP contribution in [0.1, 0.15) is 42.6 Å². The lowest BCUT2D eigenvalue weighted by atomic mass is 9.85. The van der Waals surface area contributed by atoms with E-state index in [0.29, 0.717) is 19.5 Å². The Morgan fingerprint density at radius 1 is 1.21 bits per heavy atom. The summed E-state index contributed by atoms with van der Waals surface area (Å²) in [6.07, 6.45) is 7.24. The highest BCUT2D eigenvalue weighted by Gasteiger charge is 2.52. The predicted octanol–water partition coefficient (Wildman–Crippen LogP) is 1.85. The molecule has 0 saturated carbocycles. The van der Waals surface area contributed by atoms with Gasteiger partial charge in [0.1, 0.15) is 5.54 Å². The summed E-state index contributed by atoms with van der Waals surface area (Å²) in [6.45, 7) is 3.80. The second-order valence-electron chi connectivity index (χ2n) is 7.92. The van der Waals surface area contributed by atoms with Crippen molar-refractivity contribution < 1.29 is 9.59 Å². The van der Waals surface area contributed by atoms with Crippen LogP contribution in [0.4, 0.5) is 0 Å². The number of hydrogen-bond donors (Lipinski definition) is 0. The van der Waals surface area contributed by atoms with Gasteiger partial charge >= 0.3 is 0 Å². The molecule has 2 aliphatic rings. The molecule has 2 amide bonds. The van der Waals surface area contributed by atoms with E-state index in [9.17, 15) is 9.59 Å². The second kappa shape index (κ2) is 7.37. The number of likely N-dealkylation sites (tertiary alicyclic amines) is 2. The number of piperidine rings is 1. The Bertz CT molecular complexity index is 878. The topological polar surface area (TPSA) is 71.3 Å². The predicted molar refractivity (Wildman–Crippen MR) is 104 cm³/mol. The highest BCUT2D eigenvalue weighted by molar-refractivity contribution is 5.93. The fraction of sp³-hybridized carbons (Fsp3) is 0.524. The molecule has 4 heterocycles. The monoisotopic (exact) mass is 381 g/mol. The molecule has 0 radical (unpaired) electrons. The number of carbonyl (C=O) groups is 2. The molecule has 0 N–H and O–H groups in total. The fourth-order valence-corrected chi connectivity index (χ4v) is 4.71. The zero-order chi connectivity index (χ0) is 19.7. The third-order valence-electron chi connectivity index (χ3n) is 6.03. The number of rotatable bonds is 4. The smallest absolute Gasteiger partial charge is 0.248 e. The van der Waals surface area contributed by atoms with Crippen molar-refractivity contribution >= 4 is 11.8 Å². The molecule has 0 bridgehead atoms. The van der Waals surface area contributed by atoms with Crippen LogP contribution in [0.2, 0.25) is 0 Å². The number of aromatic nitrogens is 3. The molecular formula is C21H27N5O2. The molecule has 28 heavy (non-hydrogen) atoms. The molecule has 2 saturated heterocycles. The maximum atomic E-state index is 13.5. The van der Waals surface area contributed by atoms with Crippen molar-refractivity contribution in [2.45, 2.75) is 51.1 Å². The van der Waals surface area contributed by atoms with Crippen molar-refractivity contribution in [3.05, 3.63) is 47.5 Å². The maximum absolute atomic E-state index is 13.5. The Hall–Kier alpha value is -2.70. The van der Waals surface area contributed by atoms with Crippen molar-refractivity contribution in [1.29, 1.82) is 0 Å². The Balaban J connectivity index is 1.53. The van der Waals surface area contributed by atoms with E-state index in [4.69, 9.17) is 0 Å². The zero-order valence-electron chi connectivity index (χ0n) is 16.6. The van der Waals surface area contributed by atoms with Crippen LogP contribution < -0.4 is 0 Å². The number of carbonyl (C=O) groups excluding carboxylic acids is 2. The molecule has 148 valence electrons. The standard InChI is InChI=1S/C21H27N5O2/c1-16-17(14-24(2)23-16)13-19(27)26-12-6-9-21(26)8-5-11-25(20(21)28)15-18-7-3-4-10-22-18/h3-4,7,10,14H,5-6,8-9,11-13,15H2,1-2H3. The van der Waals surface area contributed by atoms with E-state index in [1.807, 2.05) is 48.2 Å². The summed E-state index contributed by atoms with van der Waals surface area (Å²) in [5, 5.41) is 4.33. The van der Waals surface area contributed by atoms with Crippen molar-refractivity contribution in [3.63, 3.8) is 0 Å². The average molecular weight is 381 g/mol. The third-order valence-corrected chi connectivity index (χ3v) is 6.03. The van der Waals surface area contributed by atoms with Crippen LogP contribution in [0.15, 0.2) is 30.6 Å². The molecule has 7 heteroatoms. The van der Waals surface area contributed by atoms with Gasteiger partial charge in [0.25, 0.3) is 0 Å². The van der Waals surface area contributed by atoms with E-state index in [1.54, 1.807) is 10.9 Å². The van der Waals surface area contributed by atoms with Gasteiger partial charge in [-0.05, 0) is 44.7 Å². The Kier molecular flexibility index (Phi) is 4.91. The number of hydrogen-bond acceptors (Lipinski definition) is 4. The lowest BCUT2D eigenvalue weighted by Gasteiger charge is -2.44. The first-order valence-electron chi connectivity index (χ1n) is 9.98.